The van der Waals surface area contributed by atoms with Crippen molar-refractivity contribution < 1.29 is 0 Å². The standard InChI is InChI=1S/C19H24N2/c1-15-13-18-14-17(7-8-19(18)21-15)10-12-20-11-9-16-5-3-2-4-6-16/h2-8,14-15,20-21H,9-13H2,1H3. The second kappa shape index (κ2) is 6.77. The van der Waals surface area contributed by atoms with Crippen LogP contribution in [0.25, 0.3) is 0 Å². The minimum atomic E-state index is 0.583. The number of hydrogen-bond donors (Lipinski definition) is 2. The van der Waals surface area contributed by atoms with Crippen LogP contribution in [0, 0.1) is 0 Å². The summed E-state index contributed by atoms with van der Waals surface area (Å²) in [6.07, 6.45) is 3.37. The van der Waals surface area contributed by atoms with Crippen molar-refractivity contribution in [1.29, 1.82) is 0 Å². The Bertz CT molecular complexity index is 577. The van der Waals surface area contributed by atoms with E-state index in [1.165, 1.54) is 22.4 Å². The molecule has 2 N–H and O–H groups in total. The van der Waals surface area contributed by atoms with E-state index < -0.39 is 0 Å². The third-order valence-corrected chi connectivity index (χ3v) is 4.12. The van der Waals surface area contributed by atoms with Gasteiger partial charge in [0.1, 0.15) is 0 Å². The SMILES string of the molecule is CC1Cc2cc(CCNCCc3ccccc3)ccc2N1. The molecule has 2 aromatic carbocycles. The highest BCUT2D eigenvalue weighted by Crippen LogP contribution is 2.26. The summed E-state index contributed by atoms with van der Waals surface area (Å²) in [6.45, 7) is 4.34. The number of benzene rings is 2. The van der Waals surface area contributed by atoms with Crippen LogP contribution in [-0.4, -0.2) is 19.1 Å². The van der Waals surface area contributed by atoms with E-state index in [4.69, 9.17) is 0 Å². The predicted molar refractivity (Wildman–Crippen MR) is 90.0 cm³/mol. The molecule has 0 saturated carbocycles. The van der Waals surface area contributed by atoms with Gasteiger partial charge in [-0.3, -0.25) is 0 Å². The molecular weight excluding hydrogens is 256 g/mol. The van der Waals surface area contributed by atoms with Crippen molar-refractivity contribution >= 4 is 5.69 Å². The first-order chi connectivity index (χ1) is 10.3. The molecule has 0 spiro atoms. The van der Waals surface area contributed by atoms with Gasteiger partial charge in [-0.05, 0) is 62.0 Å². The van der Waals surface area contributed by atoms with E-state index in [1.54, 1.807) is 0 Å². The third-order valence-electron chi connectivity index (χ3n) is 4.12. The second-order valence-electron chi connectivity index (χ2n) is 5.98. The highest BCUT2D eigenvalue weighted by Gasteiger charge is 2.16. The summed E-state index contributed by atoms with van der Waals surface area (Å²) in [5.74, 6) is 0. The summed E-state index contributed by atoms with van der Waals surface area (Å²) >= 11 is 0. The molecule has 0 amide bonds. The summed E-state index contributed by atoms with van der Waals surface area (Å²) in [5.41, 5.74) is 5.65. The molecule has 3 rings (SSSR count). The van der Waals surface area contributed by atoms with Gasteiger partial charge >= 0.3 is 0 Å². The van der Waals surface area contributed by atoms with Crippen LogP contribution in [0.3, 0.4) is 0 Å². The second-order valence-corrected chi connectivity index (χ2v) is 5.98. The first-order valence-electron chi connectivity index (χ1n) is 7.94. The molecule has 0 saturated heterocycles. The Labute approximate surface area is 127 Å². The zero-order valence-electron chi connectivity index (χ0n) is 12.7. The van der Waals surface area contributed by atoms with Crippen LogP contribution in [0.15, 0.2) is 48.5 Å². The van der Waals surface area contributed by atoms with Crippen LogP contribution >= 0.6 is 0 Å². The Morgan fingerprint density at radius 2 is 1.76 bits per heavy atom. The maximum absolute atomic E-state index is 3.54. The molecule has 2 aromatic rings. The molecule has 0 aromatic heterocycles. The average Bonchev–Trinajstić information content (AvgIpc) is 2.87. The van der Waals surface area contributed by atoms with E-state index in [0.29, 0.717) is 6.04 Å². The number of rotatable bonds is 6. The summed E-state index contributed by atoms with van der Waals surface area (Å²) < 4.78 is 0. The topological polar surface area (TPSA) is 24.1 Å². The van der Waals surface area contributed by atoms with E-state index >= 15 is 0 Å². The van der Waals surface area contributed by atoms with Gasteiger partial charge in [0.05, 0.1) is 0 Å². The molecule has 1 heterocycles. The highest BCUT2D eigenvalue weighted by atomic mass is 14.9. The third kappa shape index (κ3) is 3.85. The number of hydrogen-bond acceptors (Lipinski definition) is 2. The van der Waals surface area contributed by atoms with Crippen molar-refractivity contribution in [2.24, 2.45) is 0 Å². The van der Waals surface area contributed by atoms with Gasteiger partial charge in [0, 0.05) is 11.7 Å². The lowest BCUT2D eigenvalue weighted by Gasteiger charge is -2.07. The Morgan fingerprint density at radius 1 is 1.00 bits per heavy atom. The molecule has 0 aliphatic carbocycles. The lowest BCUT2D eigenvalue weighted by atomic mass is 10.0. The zero-order valence-corrected chi connectivity index (χ0v) is 12.7. The molecule has 0 radical (unpaired) electrons. The number of fused-ring (bicyclic) bond motifs is 1. The Balaban J connectivity index is 1.41. The summed E-state index contributed by atoms with van der Waals surface area (Å²) in [4.78, 5) is 0. The van der Waals surface area contributed by atoms with Gasteiger partial charge in [-0.1, -0.05) is 42.5 Å². The smallest absolute Gasteiger partial charge is 0.0375 e. The zero-order chi connectivity index (χ0) is 14.5. The van der Waals surface area contributed by atoms with Crippen LogP contribution < -0.4 is 10.6 Å². The molecule has 1 aliphatic heterocycles. The number of nitrogens with one attached hydrogen (secondary N) is 2. The largest absolute Gasteiger partial charge is 0.382 e. The lowest BCUT2D eigenvalue weighted by molar-refractivity contribution is 0.681. The first-order valence-corrected chi connectivity index (χ1v) is 7.94. The number of anilines is 1. The van der Waals surface area contributed by atoms with Crippen LogP contribution in [-0.2, 0) is 19.3 Å². The lowest BCUT2D eigenvalue weighted by Crippen LogP contribution is -2.20. The Hall–Kier alpha value is -1.80. The Kier molecular flexibility index (Phi) is 4.56. The van der Waals surface area contributed by atoms with Gasteiger partial charge in [-0.15, -0.1) is 0 Å². The van der Waals surface area contributed by atoms with Crippen LogP contribution in [0.4, 0.5) is 5.69 Å². The van der Waals surface area contributed by atoms with Gasteiger partial charge in [0.25, 0.3) is 0 Å². The summed E-state index contributed by atoms with van der Waals surface area (Å²) in [7, 11) is 0. The molecule has 1 unspecified atom stereocenters. The fourth-order valence-electron chi connectivity index (χ4n) is 2.99. The maximum atomic E-state index is 3.54. The fourth-order valence-corrected chi connectivity index (χ4v) is 2.99. The fraction of sp³-hybridized carbons (Fsp3) is 0.368. The van der Waals surface area contributed by atoms with Crippen molar-refractivity contribution in [3.63, 3.8) is 0 Å². The van der Waals surface area contributed by atoms with E-state index in [2.05, 4.69) is 66.1 Å². The van der Waals surface area contributed by atoms with Crippen molar-refractivity contribution in [2.75, 3.05) is 18.4 Å². The van der Waals surface area contributed by atoms with Crippen LogP contribution in [0.2, 0.25) is 0 Å². The molecule has 0 fully saturated rings. The van der Waals surface area contributed by atoms with Crippen molar-refractivity contribution in [2.45, 2.75) is 32.2 Å². The molecule has 2 heteroatoms. The summed E-state index contributed by atoms with van der Waals surface area (Å²) in [5, 5.41) is 7.05. The molecule has 1 aliphatic rings. The first kappa shape index (κ1) is 14.2. The van der Waals surface area contributed by atoms with Gasteiger partial charge in [0.2, 0.25) is 0 Å². The minimum Gasteiger partial charge on any atom is -0.382 e. The monoisotopic (exact) mass is 280 g/mol. The minimum absolute atomic E-state index is 0.583. The van der Waals surface area contributed by atoms with E-state index in [1.807, 2.05) is 0 Å². The highest BCUT2D eigenvalue weighted by molar-refractivity contribution is 5.57. The van der Waals surface area contributed by atoms with Crippen LogP contribution in [0.5, 0.6) is 0 Å². The molecule has 110 valence electrons. The van der Waals surface area contributed by atoms with E-state index in [0.717, 1.165) is 32.4 Å². The molecule has 0 bridgehead atoms. The predicted octanol–water partition coefficient (Wildman–Crippen LogP) is 3.42. The van der Waals surface area contributed by atoms with Crippen LogP contribution in [0.1, 0.15) is 23.6 Å². The quantitative estimate of drug-likeness (QED) is 0.792. The van der Waals surface area contributed by atoms with Gasteiger partial charge in [0.15, 0.2) is 0 Å². The Morgan fingerprint density at radius 3 is 2.57 bits per heavy atom. The summed E-state index contributed by atoms with van der Waals surface area (Å²) in [6, 6.07) is 18.1. The van der Waals surface area contributed by atoms with E-state index in [-0.39, 0.29) is 0 Å². The average molecular weight is 280 g/mol. The normalized spacial score (nSPS) is 16.5. The van der Waals surface area contributed by atoms with Crippen molar-refractivity contribution in [1.82, 2.24) is 5.32 Å². The van der Waals surface area contributed by atoms with Crippen molar-refractivity contribution in [3.8, 4) is 0 Å². The van der Waals surface area contributed by atoms with E-state index in [9.17, 15) is 0 Å². The maximum Gasteiger partial charge on any atom is 0.0375 e. The van der Waals surface area contributed by atoms with Gasteiger partial charge in [-0.2, -0.15) is 0 Å². The van der Waals surface area contributed by atoms with Gasteiger partial charge < -0.3 is 10.6 Å². The molecular formula is C19H24N2. The molecule has 1 atom stereocenters. The molecule has 2 nitrogen and oxygen atoms in total. The van der Waals surface area contributed by atoms with Gasteiger partial charge in [-0.25, -0.2) is 0 Å². The molecule has 21 heavy (non-hydrogen) atoms. The van der Waals surface area contributed by atoms with Crippen molar-refractivity contribution in [3.05, 3.63) is 65.2 Å².